The van der Waals surface area contributed by atoms with Gasteiger partial charge in [-0.1, -0.05) is 0 Å². The molecule has 0 saturated carbocycles. The van der Waals surface area contributed by atoms with Crippen LogP contribution in [0.3, 0.4) is 0 Å². The van der Waals surface area contributed by atoms with Crippen molar-refractivity contribution < 1.29 is 0 Å². The molecule has 0 radical (unpaired) electrons. The number of alkyl halides is 2. The van der Waals surface area contributed by atoms with Crippen LogP contribution in [0.15, 0.2) is 12.1 Å². The molecular formula is C27H44Br2S2Sn2. The molecule has 0 nitrogen and oxygen atoms in total. The van der Waals surface area contributed by atoms with E-state index in [1.54, 1.807) is 26.7 Å². The topological polar surface area (TPSA) is 0 Å². The van der Waals surface area contributed by atoms with Crippen molar-refractivity contribution in [2.24, 2.45) is 0 Å². The summed E-state index contributed by atoms with van der Waals surface area (Å²) in [4.78, 5) is 19.0. The molecule has 2 aromatic heterocycles. The molecule has 0 spiro atoms. The minimum atomic E-state index is -2.10. The molecule has 2 aromatic rings. The minimum absolute atomic E-state index is 0.297. The normalized spacial score (nSPS) is 15.2. The van der Waals surface area contributed by atoms with Crippen molar-refractivity contribution in [2.45, 2.75) is 99.3 Å². The summed E-state index contributed by atoms with van der Waals surface area (Å²) in [6, 6.07) is 5.47. The molecule has 0 unspecified atom stereocenters. The molecule has 0 saturated heterocycles. The molecule has 6 heteroatoms. The number of rotatable bonds is 14. The van der Waals surface area contributed by atoms with Gasteiger partial charge < -0.3 is 0 Å². The Morgan fingerprint density at radius 1 is 0.606 bits per heavy atom. The molecule has 0 aliphatic heterocycles. The summed E-state index contributed by atoms with van der Waals surface area (Å²) in [5.74, 6) is 0. The van der Waals surface area contributed by atoms with Gasteiger partial charge in [0.05, 0.1) is 0 Å². The van der Waals surface area contributed by atoms with Crippen LogP contribution in [0, 0.1) is 0 Å². The van der Waals surface area contributed by atoms with Crippen LogP contribution in [-0.4, -0.2) is 47.4 Å². The van der Waals surface area contributed by atoms with E-state index in [1.807, 2.05) is 0 Å². The molecule has 3 rings (SSSR count). The van der Waals surface area contributed by atoms with E-state index in [1.165, 1.54) is 64.2 Å². The van der Waals surface area contributed by atoms with Gasteiger partial charge in [-0.15, -0.1) is 0 Å². The fourth-order valence-electron chi connectivity index (χ4n) is 5.13. The third-order valence-electron chi connectivity index (χ3n) is 7.15. The van der Waals surface area contributed by atoms with Gasteiger partial charge in [0.25, 0.3) is 0 Å². The Hall–Kier alpha value is 1.96. The van der Waals surface area contributed by atoms with Crippen molar-refractivity contribution >= 4 is 97.1 Å². The third kappa shape index (κ3) is 7.09. The third-order valence-corrected chi connectivity index (χ3v) is 29.6. The van der Waals surface area contributed by atoms with Gasteiger partial charge in [-0.05, 0) is 0 Å². The first-order valence-corrected chi connectivity index (χ1v) is 36.8. The second-order valence-electron chi connectivity index (χ2n) is 12.0. The first-order valence-electron chi connectivity index (χ1n) is 13.0. The molecule has 0 amide bonds. The van der Waals surface area contributed by atoms with Crippen LogP contribution in [0.5, 0.6) is 0 Å². The average molecular weight is 830 g/mol. The Balaban J connectivity index is 2.03. The van der Waals surface area contributed by atoms with Crippen molar-refractivity contribution in [3.8, 4) is 9.75 Å². The number of hydrogen-bond acceptors (Lipinski definition) is 2. The Kier molecular flexibility index (Phi) is 11.3. The molecule has 0 fully saturated rings. The summed E-state index contributed by atoms with van der Waals surface area (Å²) in [5, 5.41) is 2.30. The van der Waals surface area contributed by atoms with E-state index in [0.29, 0.717) is 5.41 Å². The SMILES string of the molecule is [CH3][Sn]([CH3])([CH3])[c]1cc2c(s1)-c1s[c]([Sn]([CH3])([CH3])[CH3])cc1C2(CCCCCCBr)CCCCCCBr. The molecular weight excluding hydrogens is 786 g/mol. The fraction of sp³-hybridized carbons (Fsp3) is 0.704. The molecule has 1 aliphatic carbocycles. The molecule has 1 aliphatic rings. The number of hydrogen-bond donors (Lipinski definition) is 0. The van der Waals surface area contributed by atoms with Crippen LogP contribution in [-0.2, 0) is 5.41 Å². The predicted molar refractivity (Wildman–Crippen MR) is 168 cm³/mol. The van der Waals surface area contributed by atoms with Crippen LogP contribution in [0.2, 0.25) is 29.6 Å². The summed E-state index contributed by atoms with van der Waals surface area (Å²) in [6.45, 7) is 0. The van der Waals surface area contributed by atoms with Crippen LogP contribution in [0.1, 0.15) is 75.3 Å². The van der Waals surface area contributed by atoms with Crippen LogP contribution in [0.4, 0.5) is 0 Å². The Morgan fingerprint density at radius 3 is 1.30 bits per heavy atom. The summed E-state index contributed by atoms with van der Waals surface area (Å²) >= 11 is 7.47. The van der Waals surface area contributed by atoms with E-state index in [9.17, 15) is 0 Å². The molecule has 0 bridgehead atoms. The zero-order chi connectivity index (χ0) is 24.3. The summed E-state index contributed by atoms with van der Waals surface area (Å²) in [7, 11) is 0. The fourth-order valence-corrected chi connectivity index (χ4v) is 19.0. The van der Waals surface area contributed by atoms with E-state index in [0.717, 1.165) is 10.7 Å². The monoisotopic (exact) mass is 830 g/mol. The van der Waals surface area contributed by atoms with E-state index in [-0.39, 0.29) is 0 Å². The molecule has 2 heterocycles. The second-order valence-corrected chi connectivity index (χ2v) is 46.5. The van der Waals surface area contributed by atoms with Crippen LogP contribution < -0.4 is 5.79 Å². The first kappa shape index (κ1) is 29.5. The van der Waals surface area contributed by atoms with Gasteiger partial charge >= 0.3 is 240 Å². The molecule has 0 atom stereocenters. The van der Waals surface area contributed by atoms with Gasteiger partial charge in [0.1, 0.15) is 0 Å². The van der Waals surface area contributed by atoms with Gasteiger partial charge in [0, 0.05) is 0 Å². The van der Waals surface area contributed by atoms with Crippen LogP contribution in [0.25, 0.3) is 9.75 Å². The number of fused-ring (bicyclic) bond motifs is 3. The Labute approximate surface area is 237 Å². The zero-order valence-corrected chi connectivity index (χ0v) is 32.2. The summed E-state index contributed by atoms with van der Waals surface area (Å²) in [6.07, 6.45) is 13.6. The molecule has 0 aromatic carbocycles. The van der Waals surface area contributed by atoms with Gasteiger partial charge in [-0.3, -0.25) is 0 Å². The second kappa shape index (κ2) is 12.7. The Morgan fingerprint density at radius 2 is 0.970 bits per heavy atom. The van der Waals surface area contributed by atoms with Crippen molar-refractivity contribution in [1.29, 1.82) is 0 Å². The maximum atomic E-state index is 3.63. The van der Waals surface area contributed by atoms with Crippen molar-refractivity contribution in [3.63, 3.8) is 0 Å². The molecule has 0 N–H and O–H groups in total. The molecule has 186 valence electrons. The van der Waals surface area contributed by atoms with E-state index < -0.39 is 36.8 Å². The van der Waals surface area contributed by atoms with E-state index in [2.05, 4.69) is 96.3 Å². The average Bonchev–Trinajstić information content (AvgIpc) is 3.40. The van der Waals surface area contributed by atoms with Gasteiger partial charge in [0.15, 0.2) is 0 Å². The van der Waals surface area contributed by atoms with Crippen molar-refractivity contribution in [3.05, 3.63) is 23.3 Å². The van der Waals surface area contributed by atoms with E-state index >= 15 is 0 Å². The van der Waals surface area contributed by atoms with Gasteiger partial charge in [0.2, 0.25) is 0 Å². The molecule has 33 heavy (non-hydrogen) atoms. The van der Waals surface area contributed by atoms with Crippen LogP contribution >= 0.6 is 54.5 Å². The number of unbranched alkanes of at least 4 members (excludes halogenated alkanes) is 6. The standard InChI is InChI=1S/C21H26Br2S2.6CH3.2Sn/c22-13-7-3-1-5-11-21(12-6-2-4-8-14-23)17-9-15-24-19(17)20-18(21)10-16-25-20;;;;;;;;/h9-10H,1-8,11-14H2;6*1H3;;. The Bertz CT molecular complexity index is 828. The first-order chi connectivity index (χ1) is 15.5. The predicted octanol–water partition coefficient (Wildman–Crippen LogP) is 9.86. The number of halogens is 2. The van der Waals surface area contributed by atoms with Crippen molar-refractivity contribution in [1.82, 2.24) is 0 Å². The number of thiophene rings is 2. The van der Waals surface area contributed by atoms with Gasteiger partial charge in [-0.2, -0.15) is 0 Å². The van der Waals surface area contributed by atoms with E-state index in [4.69, 9.17) is 0 Å². The van der Waals surface area contributed by atoms with Crippen molar-refractivity contribution in [2.75, 3.05) is 10.7 Å². The summed E-state index contributed by atoms with van der Waals surface area (Å²) in [5.41, 5.74) is 3.81. The maximum absolute atomic E-state index is 3.63. The summed E-state index contributed by atoms with van der Waals surface area (Å²) < 4.78 is 3.58. The zero-order valence-electron chi connectivity index (χ0n) is 21.7. The van der Waals surface area contributed by atoms with Gasteiger partial charge in [-0.25, -0.2) is 0 Å². The quantitative estimate of drug-likeness (QED) is 0.101.